The van der Waals surface area contributed by atoms with Crippen LogP contribution in [0.1, 0.15) is 12.8 Å². The van der Waals surface area contributed by atoms with Crippen LogP contribution >= 0.6 is 0 Å². The molecule has 4 rings (SSSR count). The maximum absolute atomic E-state index is 13.0. The van der Waals surface area contributed by atoms with Gasteiger partial charge in [-0.05, 0) is 36.8 Å². The molecule has 0 unspecified atom stereocenters. The van der Waals surface area contributed by atoms with E-state index in [0.29, 0.717) is 49.4 Å². The van der Waals surface area contributed by atoms with Crippen LogP contribution in [0.25, 0.3) is 0 Å². The van der Waals surface area contributed by atoms with E-state index in [9.17, 15) is 21.6 Å². The lowest BCUT2D eigenvalue weighted by atomic mass is 10.2. The number of nitrogens with one attached hydrogen (secondary N) is 1. The van der Waals surface area contributed by atoms with Crippen molar-refractivity contribution in [3.8, 4) is 17.2 Å². The molecule has 1 N–H and O–H groups in total. The molecule has 2 aliphatic rings. The maximum atomic E-state index is 13.0. The molecule has 0 aromatic heterocycles. The number of benzene rings is 2. The van der Waals surface area contributed by atoms with Crippen molar-refractivity contribution in [3.05, 3.63) is 36.4 Å². The molecular formula is C24H31N3O9S2. The van der Waals surface area contributed by atoms with Gasteiger partial charge in [-0.3, -0.25) is 9.10 Å². The van der Waals surface area contributed by atoms with Crippen LogP contribution in [-0.2, 0) is 29.6 Å². The molecule has 38 heavy (non-hydrogen) atoms. The highest BCUT2D eigenvalue weighted by Gasteiger charge is 2.27. The number of nitrogens with zero attached hydrogens (tertiary/aromatic N) is 2. The van der Waals surface area contributed by atoms with Crippen LogP contribution in [0.2, 0.25) is 0 Å². The molecule has 14 heteroatoms. The van der Waals surface area contributed by atoms with Crippen LogP contribution < -0.4 is 23.8 Å². The van der Waals surface area contributed by atoms with E-state index >= 15 is 0 Å². The molecule has 2 aromatic rings. The predicted molar refractivity (Wildman–Crippen MR) is 140 cm³/mol. The smallest absolute Gasteiger partial charge is 0.243 e. The van der Waals surface area contributed by atoms with Crippen molar-refractivity contribution in [2.75, 3.05) is 69.0 Å². The Kier molecular flexibility index (Phi) is 8.65. The summed E-state index contributed by atoms with van der Waals surface area (Å²) in [5.74, 6) is 0.881. The van der Waals surface area contributed by atoms with Crippen molar-refractivity contribution in [2.45, 2.75) is 17.7 Å². The van der Waals surface area contributed by atoms with Gasteiger partial charge in [-0.15, -0.1) is 0 Å². The van der Waals surface area contributed by atoms with Crippen LogP contribution in [-0.4, -0.2) is 86.5 Å². The first kappa shape index (κ1) is 28.0. The molecule has 2 aliphatic heterocycles. The van der Waals surface area contributed by atoms with Crippen molar-refractivity contribution < 1.29 is 40.6 Å². The second-order valence-corrected chi connectivity index (χ2v) is 12.5. The van der Waals surface area contributed by atoms with E-state index < -0.39 is 26.0 Å². The zero-order valence-electron chi connectivity index (χ0n) is 21.2. The van der Waals surface area contributed by atoms with Crippen molar-refractivity contribution >= 4 is 37.3 Å². The van der Waals surface area contributed by atoms with E-state index in [-0.39, 0.29) is 43.1 Å². The number of hydrogen-bond acceptors (Lipinski definition) is 9. The average Bonchev–Trinajstić information content (AvgIpc) is 2.90. The third kappa shape index (κ3) is 6.49. The minimum Gasteiger partial charge on any atom is -0.495 e. The number of carbonyl (C=O) groups is 1. The fraction of sp³-hybridized carbons (Fsp3) is 0.458. The van der Waals surface area contributed by atoms with Gasteiger partial charge in [0.25, 0.3) is 0 Å². The molecule has 12 nitrogen and oxygen atoms in total. The first-order valence-corrected chi connectivity index (χ1v) is 15.3. The van der Waals surface area contributed by atoms with Gasteiger partial charge >= 0.3 is 0 Å². The number of anilines is 2. The highest BCUT2D eigenvalue weighted by Crippen LogP contribution is 2.35. The van der Waals surface area contributed by atoms with Gasteiger partial charge in [0.1, 0.15) is 19.0 Å². The average molecular weight is 570 g/mol. The Morgan fingerprint density at radius 3 is 2.39 bits per heavy atom. The van der Waals surface area contributed by atoms with Gasteiger partial charge < -0.3 is 24.3 Å². The van der Waals surface area contributed by atoms with Crippen molar-refractivity contribution in [3.63, 3.8) is 0 Å². The quantitative estimate of drug-likeness (QED) is 0.452. The Morgan fingerprint density at radius 2 is 1.71 bits per heavy atom. The van der Waals surface area contributed by atoms with E-state index in [1.54, 1.807) is 18.2 Å². The number of morpholine rings is 1. The van der Waals surface area contributed by atoms with Crippen LogP contribution in [0.15, 0.2) is 41.3 Å². The molecule has 2 aromatic carbocycles. The summed E-state index contributed by atoms with van der Waals surface area (Å²) in [6.07, 6.45) is 1.29. The number of ether oxygens (including phenoxy) is 4. The fourth-order valence-corrected chi connectivity index (χ4v) is 6.54. The Bertz CT molecular complexity index is 1370. The highest BCUT2D eigenvalue weighted by molar-refractivity contribution is 7.92. The van der Waals surface area contributed by atoms with Crippen LogP contribution in [0.5, 0.6) is 17.2 Å². The molecule has 1 amide bonds. The molecule has 2 heterocycles. The summed E-state index contributed by atoms with van der Waals surface area (Å²) in [6.45, 7) is 1.96. The number of fused-ring (bicyclic) bond motifs is 1. The van der Waals surface area contributed by atoms with E-state index in [2.05, 4.69) is 5.32 Å². The van der Waals surface area contributed by atoms with Crippen molar-refractivity contribution in [2.24, 2.45) is 0 Å². The van der Waals surface area contributed by atoms with Gasteiger partial charge in [0, 0.05) is 32.1 Å². The molecular weight excluding hydrogens is 538 g/mol. The molecule has 1 saturated heterocycles. The number of methoxy groups -OCH3 is 1. The SMILES string of the molecule is COc1ccc(S(=O)(=O)N2CCOCC2)cc1NC(=O)CCCN(c1ccc2c(c1)OCCO2)S(C)(=O)=O. The fourth-order valence-electron chi connectivity index (χ4n) is 4.15. The first-order valence-electron chi connectivity index (χ1n) is 12.0. The molecule has 0 aliphatic carbocycles. The van der Waals surface area contributed by atoms with E-state index in [4.69, 9.17) is 18.9 Å². The molecule has 0 bridgehead atoms. The van der Waals surface area contributed by atoms with Gasteiger partial charge in [0.05, 0.1) is 42.8 Å². The van der Waals surface area contributed by atoms with Gasteiger partial charge in [-0.1, -0.05) is 0 Å². The topological polar surface area (TPSA) is 141 Å². The van der Waals surface area contributed by atoms with Crippen molar-refractivity contribution in [1.29, 1.82) is 0 Å². The lowest BCUT2D eigenvalue weighted by Crippen LogP contribution is -2.40. The first-order chi connectivity index (χ1) is 18.1. The third-order valence-electron chi connectivity index (χ3n) is 6.03. The lowest BCUT2D eigenvalue weighted by molar-refractivity contribution is -0.116. The monoisotopic (exact) mass is 569 g/mol. The summed E-state index contributed by atoms with van der Waals surface area (Å²) in [4.78, 5) is 12.8. The molecule has 0 radical (unpaired) electrons. The summed E-state index contributed by atoms with van der Waals surface area (Å²) in [6, 6.07) is 9.14. The standard InChI is InChI=1S/C24H31N3O9S2/c1-33-21-8-6-19(38(31,32)26-10-12-34-13-11-26)17-20(21)25-24(28)4-3-9-27(37(2,29)30)18-5-7-22-23(16-18)36-15-14-35-22/h5-8,16-17H,3-4,9-15H2,1-2H3,(H,25,28). The minimum atomic E-state index is -3.77. The maximum Gasteiger partial charge on any atom is 0.243 e. The normalized spacial score (nSPS) is 16.1. The molecule has 1 fully saturated rings. The molecule has 0 saturated carbocycles. The highest BCUT2D eigenvalue weighted by atomic mass is 32.2. The zero-order valence-corrected chi connectivity index (χ0v) is 22.8. The van der Waals surface area contributed by atoms with Crippen LogP contribution in [0.4, 0.5) is 11.4 Å². The summed E-state index contributed by atoms with van der Waals surface area (Å²) in [5, 5.41) is 2.69. The summed E-state index contributed by atoms with van der Waals surface area (Å²) >= 11 is 0. The Hall–Kier alpha value is -3.07. The van der Waals surface area contributed by atoms with Gasteiger partial charge in [-0.2, -0.15) is 4.31 Å². The lowest BCUT2D eigenvalue weighted by Gasteiger charge is -2.26. The second-order valence-electron chi connectivity index (χ2n) is 8.69. The number of rotatable bonds is 10. The Morgan fingerprint density at radius 1 is 1.00 bits per heavy atom. The van der Waals surface area contributed by atoms with E-state index in [1.807, 2.05) is 0 Å². The molecule has 0 atom stereocenters. The second kappa shape index (κ2) is 11.8. The number of carbonyl (C=O) groups excluding carboxylic acids is 1. The van der Waals surface area contributed by atoms with Gasteiger partial charge in [-0.25, -0.2) is 16.8 Å². The third-order valence-corrected chi connectivity index (χ3v) is 9.12. The van der Waals surface area contributed by atoms with E-state index in [0.717, 1.165) is 6.26 Å². The predicted octanol–water partition coefficient (Wildman–Crippen LogP) is 1.67. The molecule has 208 valence electrons. The summed E-state index contributed by atoms with van der Waals surface area (Å²) in [5.41, 5.74) is 0.610. The van der Waals surface area contributed by atoms with Crippen molar-refractivity contribution in [1.82, 2.24) is 4.31 Å². The van der Waals surface area contributed by atoms with Crippen LogP contribution in [0, 0.1) is 0 Å². The zero-order chi connectivity index (χ0) is 27.3. The Balaban J connectivity index is 1.43. The largest absolute Gasteiger partial charge is 0.495 e. The van der Waals surface area contributed by atoms with Gasteiger partial charge in [0.15, 0.2) is 11.5 Å². The van der Waals surface area contributed by atoms with E-state index in [1.165, 1.54) is 33.9 Å². The molecule has 0 spiro atoms. The number of amides is 1. The van der Waals surface area contributed by atoms with Gasteiger partial charge in [0.2, 0.25) is 26.0 Å². The minimum absolute atomic E-state index is 0.0137. The summed E-state index contributed by atoms with van der Waals surface area (Å²) < 4.78 is 75.1. The Labute approximate surface area is 222 Å². The number of sulfonamides is 2. The number of hydrogen-bond donors (Lipinski definition) is 1. The summed E-state index contributed by atoms with van der Waals surface area (Å²) in [7, 11) is -6.00. The van der Waals surface area contributed by atoms with Crippen LogP contribution in [0.3, 0.4) is 0 Å².